The average molecular weight is 217 g/mol. The highest BCUT2D eigenvalue weighted by Crippen LogP contribution is 2.31. The molecular weight excluding hydrogens is 208 g/mol. The fraction of sp³-hybridized carbons (Fsp3) is 0.222. The smallest absolute Gasteiger partial charge is 0.321 e. The number of carboxylic acid groups (broad SMARTS) is 1. The van der Waals surface area contributed by atoms with E-state index in [-0.39, 0.29) is 0 Å². The molecule has 1 N–H and O–H groups in total. The fourth-order valence-electron chi connectivity index (χ4n) is 1.05. The normalized spacial score (nSPS) is 12.5. The molecule has 1 aromatic carbocycles. The molecule has 0 saturated heterocycles. The van der Waals surface area contributed by atoms with Gasteiger partial charge in [0.25, 0.3) is 0 Å². The van der Waals surface area contributed by atoms with Crippen LogP contribution in [0.5, 0.6) is 0 Å². The van der Waals surface area contributed by atoms with Gasteiger partial charge in [0, 0.05) is 5.02 Å². The molecule has 0 heterocycles. The van der Waals surface area contributed by atoms with Gasteiger partial charge in [-0.25, -0.2) is 0 Å². The van der Waals surface area contributed by atoms with Crippen molar-refractivity contribution < 1.29 is 9.90 Å². The molecular formula is C9H9ClO2S. The summed E-state index contributed by atoms with van der Waals surface area (Å²) >= 11 is 7.13. The van der Waals surface area contributed by atoms with Crippen LogP contribution in [0, 0.1) is 0 Å². The van der Waals surface area contributed by atoms with Crippen LogP contribution in [0.25, 0.3) is 0 Å². The topological polar surface area (TPSA) is 37.3 Å². The number of carbonyl (C=O) groups is 1. The first kappa shape index (κ1) is 10.4. The lowest BCUT2D eigenvalue weighted by molar-refractivity contribution is -0.136. The second-order valence-corrected chi connectivity index (χ2v) is 3.83. The molecule has 0 spiro atoms. The quantitative estimate of drug-likeness (QED) is 0.844. The third kappa shape index (κ3) is 2.39. The Bertz CT molecular complexity index is 314. The number of rotatable bonds is 3. The number of halogens is 1. The molecule has 0 aliphatic carbocycles. The first-order chi connectivity index (χ1) is 6.16. The molecule has 1 rings (SSSR count). The van der Waals surface area contributed by atoms with Crippen LogP contribution in [0.4, 0.5) is 0 Å². The van der Waals surface area contributed by atoms with E-state index in [0.717, 1.165) is 0 Å². The van der Waals surface area contributed by atoms with E-state index in [0.29, 0.717) is 10.6 Å². The van der Waals surface area contributed by atoms with Crippen molar-refractivity contribution in [3.63, 3.8) is 0 Å². The zero-order valence-corrected chi connectivity index (χ0v) is 8.60. The summed E-state index contributed by atoms with van der Waals surface area (Å²) in [5.41, 5.74) is 0.657. The van der Waals surface area contributed by atoms with Crippen molar-refractivity contribution in [2.75, 3.05) is 6.26 Å². The maximum Gasteiger partial charge on any atom is 0.321 e. The Labute approximate surface area is 85.9 Å². The lowest BCUT2D eigenvalue weighted by atomic mass is 10.1. The van der Waals surface area contributed by atoms with E-state index in [1.165, 1.54) is 11.8 Å². The molecule has 0 amide bonds. The predicted octanol–water partition coefficient (Wildman–Crippen LogP) is 2.83. The van der Waals surface area contributed by atoms with Crippen molar-refractivity contribution >= 4 is 29.3 Å². The van der Waals surface area contributed by atoms with Crippen molar-refractivity contribution in [2.45, 2.75) is 5.25 Å². The molecule has 70 valence electrons. The summed E-state index contributed by atoms with van der Waals surface area (Å²) in [5, 5.41) is 8.80. The van der Waals surface area contributed by atoms with Gasteiger partial charge in [0.15, 0.2) is 0 Å². The lowest BCUT2D eigenvalue weighted by Crippen LogP contribution is -2.07. The molecule has 0 aromatic heterocycles. The SMILES string of the molecule is CSC(C(=O)O)c1ccccc1Cl. The van der Waals surface area contributed by atoms with Gasteiger partial charge in [-0.05, 0) is 17.9 Å². The Kier molecular flexibility index (Phi) is 3.63. The monoisotopic (exact) mass is 216 g/mol. The van der Waals surface area contributed by atoms with E-state index in [1.807, 2.05) is 0 Å². The number of hydrogen-bond acceptors (Lipinski definition) is 2. The first-order valence-electron chi connectivity index (χ1n) is 3.67. The zero-order chi connectivity index (χ0) is 9.84. The summed E-state index contributed by atoms with van der Waals surface area (Å²) in [7, 11) is 0. The largest absolute Gasteiger partial charge is 0.480 e. The minimum absolute atomic E-state index is 0.504. The lowest BCUT2D eigenvalue weighted by Gasteiger charge is -2.10. The fourth-order valence-corrected chi connectivity index (χ4v) is 2.02. The average Bonchev–Trinajstić information content (AvgIpc) is 2.09. The second-order valence-electron chi connectivity index (χ2n) is 2.48. The maximum atomic E-state index is 10.8. The minimum atomic E-state index is -0.861. The third-order valence-electron chi connectivity index (χ3n) is 1.65. The van der Waals surface area contributed by atoms with E-state index in [4.69, 9.17) is 16.7 Å². The van der Waals surface area contributed by atoms with Crippen LogP contribution in [0.2, 0.25) is 5.02 Å². The standard InChI is InChI=1S/C9H9ClO2S/c1-13-8(9(11)12)6-4-2-3-5-7(6)10/h2-5,8H,1H3,(H,11,12). The van der Waals surface area contributed by atoms with Crippen LogP contribution in [0.1, 0.15) is 10.8 Å². The number of aliphatic carboxylic acids is 1. The molecule has 0 aliphatic rings. The number of benzene rings is 1. The van der Waals surface area contributed by atoms with Crippen molar-refractivity contribution in [1.29, 1.82) is 0 Å². The van der Waals surface area contributed by atoms with E-state index < -0.39 is 11.2 Å². The molecule has 1 aromatic rings. The highest BCUT2D eigenvalue weighted by atomic mass is 35.5. The molecule has 0 bridgehead atoms. The summed E-state index contributed by atoms with van der Waals surface area (Å²) < 4.78 is 0. The van der Waals surface area contributed by atoms with Crippen LogP contribution in [0.3, 0.4) is 0 Å². The maximum absolute atomic E-state index is 10.8. The number of thioether (sulfide) groups is 1. The Balaban J connectivity index is 3.04. The Morgan fingerprint density at radius 1 is 1.54 bits per heavy atom. The third-order valence-corrected chi connectivity index (χ3v) is 2.92. The molecule has 1 atom stereocenters. The van der Waals surface area contributed by atoms with Gasteiger partial charge in [-0.15, -0.1) is 11.8 Å². The van der Waals surface area contributed by atoms with Gasteiger partial charge in [-0.2, -0.15) is 0 Å². The van der Waals surface area contributed by atoms with Crippen molar-refractivity contribution in [1.82, 2.24) is 0 Å². The molecule has 1 unspecified atom stereocenters. The Morgan fingerprint density at radius 2 is 2.15 bits per heavy atom. The van der Waals surface area contributed by atoms with Crippen LogP contribution in [-0.2, 0) is 4.79 Å². The highest BCUT2D eigenvalue weighted by Gasteiger charge is 2.20. The minimum Gasteiger partial charge on any atom is -0.480 e. The molecule has 13 heavy (non-hydrogen) atoms. The van der Waals surface area contributed by atoms with Crippen LogP contribution in [-0.4, -0.2) is 17.3 Å². The van der Waals surface area contributed by atoms with E-state index in [1.54, 1.807) is 30.5 Å². The zero-order valence-electron chi connectivity index (χ0n) is 7.03. The number of hydrogen-bond donors (Lipinski definition) is 1. The van der Waals surface area contributed by atoms with Crippen molar-refractivity contribution in [2.24, 2.45) is 0 Å². The van der Waals surface area contributed by atoms with Gasteiger partial charge in [-0.3, -0.25) is 4.79 Å². The van der Waals surface area contributed by atoms with Gasteiger partial charge < -0.3 is 5.11 Å². The van der Waals surface area contributed by atoms with Crippen LogP contribution in [0.15, 0.2) is 24.3 Å². The summed E-state index contributed by atoms with van der Waals surface area (Å²) in [4.78, 5) is 10.8. The molecule has 0 fully saturated rings. The second kappa shape index (κ2) is 4.53. The summed E-state index contributed by atoms with van der Waals surface area (Å²) in [5.74, 6) is -0.861. The molecule has 0 aliphatic heterocycles. The van der Waals surface area contributed by atoms with Gasteiger partial charge >= 0.3 is 5.97 Å². The van der Waals surface area contributed by atoms with E-state index in [9.17, 15) is 4.79 Å². The number of carboxylic acids is 1. The Morgan fingerprint density at radius 3 is 2.62 bits per heavy atom. The molecule has 4 heteroatoms. The van der Waals surface area contributed by atoms with Crippen molar-refractivity contribution in [3.05, 3.63) is 34.9 Å². The van der Waals surface area contributed by atoms with Crippen LogP contribution >= 0.6 is 23.4 Å². The summed E-state index contributed by atoms with van der Waals surface area (Å²) in [6.45, 7) is 0. The van der Waals surface area contributed by atoms with Gasteiger partial charge in [0.1, 0.15) is 5.25 Å². The summed E-state index contributed by atoms with van der Waals surface area (Å²) in [6.07, 6.45) is 1.75. The van der Waals surface area contributed by atoms with Gasteiger partial charge in [0.05, 0.1) is 0 Å². The first-order valence-corrected chi connectivity index (χ1v) is 5.33. The van der Waals surface area contributed by atoms with Gasteiger partial charge in [0.2, 0.25) is 0 Å². The molecule has 2 nitrogen and oxygen atoms in total. The summed E-state index contributed by atoms with van der Waals surface area (Å²) in [6, 6.07) is 7.00. The molecule has 0 radical (unpaired) electrons. The van der Waals surface area contributed by atoms with Crippen molar-refractivity contribution in [3.8, 4) is 0 Å². The Hall–Kier alpha value is -0.670. The van der Waals surface area contributed by atoms with E-state index >= 15 is 0 Å². The predicted molar refractivity (Wildman–Crippen MR) is 55.3 cm³/mol. The van der Waals surface area contributed by atoms with Gasteiger partial charge in [-0.1, -0.05) is 29.8 Å². The van der Waals surface area contributed by atoms with E-state index in [2.05, 4.69) is 0 Å². The highest BCUT2D eigenvalue weighted by molar-refractivity contribution is 7.99. The molecule has 0 saturated carbocycles. The van der Waals surface area contributed by atoms with Crippen LogP contribution < -0.4 is 0 Å².